The molecule has 24 heavy (non-hydrogen) atoms. The first-order valence-corrected chi connectivity index (χ1v) is 7.99. The maximum absolute atomic E-state index is 9.42. The zero-order valence-electron chi connectivity index (χ0n) is 13.2. The van der Waals surface area contributed by atoms with Crippen molar-refractivity contribution >= 4 is 23.2 Å². The Morgan fingerprint density at radius 3 is 2.54 bits per heavy atom. The Morgan fingerprint density at radius 1 is 1.04 bits per heavy atom. The van der Waals surface area contributed by atoms with Gasteiger partial charge in [-0.2, -0.15) is 0 Å². The van der Waals surface area contributed by atoms with Gasteiger partial charge in [0.1, 0.15) is 19.0 Å². The molecule has 0 amide bonds. The highest BCUT2D eigenvalue weighted by Crippen LogP contribution is 2.35. The van der Waals surface area contributed by atoms with E-state index in [-0.39, 0.29) is 6.61 Å². The molecule has 0 radical (unpaired) electrons. The number of fused-ring (bicyclic) bond motifs is 2. The molecule has 0 atom stereocenters. The zero-order chi connectivity index (χ0) is 16.4. The minimum atomic E-state index is 0.0477. The molecule has 5 heteroatoms. The molecule has 3 aromatic rings. The van der Waals surface area contributed by atoms with Gasteiger partial charge in [0.15, 0.2) is 11.5 Å². The highest BCUT2D eigenvalue weighted by Gasteiger charge is 2.17. The number of ether oxygens (including phenoxy) is 2. The first kappa shape index (κ1) is 14.8. The lowest BCUT2D eigenvalue weighted by Gasteiger charge is -2.18. The van der Waals surface area contributed by atoms with Crippen LogP contribution in [0.5, 0.6) is 11.5 Å². The number of benzene rings is 2. The predicted octanol–water partition coefficient (Wildman–Crippen LogP) is 2.97. The fourth-order valence-corrected chi connectivity index (χ4v) is 2.88. The van der Waals surface area contributed by atoms with Crippen LogP contribution in [0.3, 0.4) is 0 Å². The molecule has 1 aliphatic heterocycles. The van der Waals surface area contributed by atoms with Crippen molar-refractivity contribution in [2.45, 2.75) is 6.54 Å². The number of hydrogen-bond acceptors (Lipinski definition) is 4. The van der Waals surface area contributed by atoms with E-state index >= 15 is 0 Å². The topological polar surface area (TPSA) is 56.5 Å². The van der Waals surface area contributed by atoms with E-state index in [4.69, 9.17) is 9.47 Å². The molecular formula is C19H18N2O3. The van der Waals surface area contributed by atoms with Crippen molar-refractivity contribution in [3.63, 3.8) is 0 Å². The summed E-state index contributed by atoms with van der Waals surface area (Å²) >= 11 is 0. The second-order valence-corrected chi connectivity index (χ2v) is 5.57. The Bertz CT molecular complexity index is 885. The molecular weight excluding hydrogens is 304 g/mol. The third-order valence-corrected chi connectivity index (χ3v) is 3.99. The molecule has 0 saturated heterocycles. The normalized spacial score (nSPS) is 13.7. The van der Waals surface area contributed by atoms with Crippen molar-refractivity contribution in [2.75, 3.05) is 19.8 Å². The molecule has 0 spiro atoms. The van der Waals surface area contributed by atoms with E-state index in [1.807, 2.05) is 59.2 Å². The van der Waals surface area contributed by atoms with Crippen LogP contribution < -0.4 is 9.47 Å². The van der Waals surface area contributed by atoms with Crippen LogP contribution >= 0.6 is 0 Å². The van der Waals surface area contributed by atoms with Crippen molar-refractivity contribution in [3.05, 3.63) is 53.9 Å². The van der Waals surface area contributed by atoms with Crippen molar-refractivity contribution < 1.29 is 14.6 Å². The van der Waals surface area contributed by atoms with Crippen LogP contribution in [0.25, 0.3) is 23.2 Å². The molecule has 1 aliphatic rings. The van der Waals surface area contributed by atoms with Gasteiger partial charge >= 0.3 is 0 Å². The summed E-state index contributed by atoms with van der Waals surface area (Å²) in [7, 11) is 0. The third kappa shape index (κ3) is 2.74. The molecule has 1 aromatic heterocycles. The fraction of sp³-hybridized carbons (Fsp3) is 0.211. The lowest BCUT2D eigenvalue weighted by molar-refractivity contribution is 0.172. The van der Waals surface area contributed by atoms with E-state index in [0.29, 0.717) is 19.8 Å². The summed E-state index contributed by atoms with van der Waals surface area (Å²) in [4.78, 5) is 4.68. The van der Waals surface area contributed by atoms with Gasteiger partial charge in [0.2, 0.25) is 0 Å². The predicted molar refractivity (Wildman–Crippen MR) is 93.2 cm³/mol. The summed E-state index contributed by atoms with van der Waals surface area (Å²) in [5.41, 5.74) is 2.87. The summed E-state index contributed by atoms with van der Waals surface area (Å²) in [6.07, 6.45) is 3.98. The second-order valence-electron chi connectivity index (χ2n) is 5.57. The number of aliphatic hydroxyl groups is 1. The lowest BCUT2D eigenvalue weighted by Crippen LogP contribution is -2.15. The minimum absolute atomic E-state index is 0.0477. The molecule has 2 heterocycles. The van der Waals surface area contributed by atoms with E-state index in [1.165, 1.54) is 0 Å². The molecule has 4 rings (SSSR count). The standard InChI is InChI=1S/C19H18N2O3/c22-9-8-21-16-13-18-17(23-10-11-24-18)12-15(16)20-19(21)7-6-14-4-2-1-3-5-14/h1-7,12-13,22H,8-11H2/b7-6+. The van der Waals surface area contributed by atoms with Gasteiger partial charge in [-0.3, -0.25) is 0 Å². The Morgan fingerprint density at radius 2 is 1.79 bits per heavy atom. The number of aromatic nitrogens is 2. The summed E-state index contributed by atoms with van der Waals surface area (Å²) in [5, 5.41) is 9.42. The smallest absolute Gasteiger partial charge is 0.163 e. The Labute approximate surface area is 139 Å². The quantitative estimate of drug-likeness (QED) is 0.802. The Balaban J connectivity index is 1.79. The molecule has 2 aromatic carbocycles. The Kier molecular flexibility index (Phi) is 3.92. The van der Waals surface area contributed by atoms with Crippen LogP contribution in [-0.4, -0.2) is 34.5 Å². The van der Waals surface area contributed by atoms with E-state index in [2.05, 4.69) is 4.98 Å². The van der Waals surface area contributed by atoms with Crippen molar-refractivity contribution in [1.82, 2.24) is 9.55 Å². The van der Waals surface area contributed by atoms with Gasteiger partial charge in [0.25, 0.3) is 0 Å². The van der Waals surface area contributed by atoms with E-state index in [0.717, 1.165) is 33.9 Å². The third-order valence-electron chi connectivity index (χ3n) is 3.99. The Hall–Kier alpha value is -2.79. The van der Waals surface area contributed by atoms with Gasteiger partial charge in [-0.15, -0.1) is 0 Å². The summed E-state index contributed by atoms with van der Waals surface area (Å²) in [6.45, 7) is 1.63. The van der Waals surface area contributed by atoms with Crippen LogP contribution in [0, 0.1) is 0 Å². The average molecular weight is 322 g/mol. The van der Waals surface area contributed by atoms with E-state index in [1.54, 1.807) is 0 Å². The minimum Gasteiger partial charge on any atom is -0.486 e. The van der Waals surface area contributed by atoms with Gasteiger partial charge < -0.3 is 19.1 Å². The number of rotatable bonds is 4. The highest BCUT2D eigenvalue weighted by atomic mass is 16.6. The molecule has 0 bridgehead atoms. The first-order valence-electron chi connectivity index (χ1n) is 7.99. The molecule has 5 nitrogen and oxygen atoms in total. The van der Waals surface area contributed by atoms with E-state index in [9.17, 15) is 5.11 Å². The molecule has 0 saturated carbocycles. The van der Waals surface area contributed by atoms with Crippen LogP contribution in [0.1, 0.15) is 11.4 Å². The molecule has 1 N–H and O–H groups in total. The summed E-state index contributed by atoms with van der Waals surface area (Å²) in [5.74, 6) is 2.25. The number of nitrogens with zero attached hydrogens (tertiary/aromatic N) is 2. The van der Waals surface area contributed by atoms with Crippen LogP contribution in [-0.2, 0) is 6.54 Å². The maximum Gasteiger partial charge on any atom is 0.163 e. The average Bonchev–Trinajstić information content (AvgIpc) is 2.96. The number of imidazole rings is 1. The zero-order valence-corrected chi connectivity index (χ0v) is 13.2. The molecule has 0 aliphatic carbocycles. The van der Waals surface area contributed by atoms with E-state index < -0.39 is 0 Å². The van der Waals surface area contributed by atoms with Crippen molar-refractivity contribution in [1.29, 1.82) is 0 Å². The molecule has 0 unspecified atom stereocenters. The van der Waals surface area contributed by atoms with Crippen LogP contribution in [0.4, 0.5) is 0 Å². The van der Waals surface area contributed by atoms with Crippen LogP contribution in [0.2, 0.25) is 0 Å². The van der Waals surface area contributed by atoms with Crippen molar-refractivity contribution in [2.24, 2.45) is 0 Å². The maximum atomic E-state index is 9.42. The van der Waals surface area contributed by atoms with Gasteiger partial charge in [0, 0.05) is 18.7 Å². The van der Waals surface area contributed by atoms with Gasteiger partial charge in [-0.1, -0.05) is 36.4 Å². The highest BCUT2D eigenvalue weighted by molar-refractivity contribution is 5.83. The van der Waals surface area contributed by atoms with Gasteiger partial charge in [-0.25, -0.2) is 4.98 Å². The number of aliphatic hydroxyl groups excluding tert-OH is 1. The first-order chi connectivity index (χ1) is 11.8. The molecule has 0 fully saturated rings. The second kappa shape index (κ2) is 6.37. The molecule has 122 valence electrons. The monoisotopic (exact) mass is 322 g/mol. The van der Waals surface area contributed by atoms with Crippen LogP contribution in [0.15, 0.2) is 42.5 Å². The SMILES string of the molecule is OCCn1c(/C=C/c2ccccc2)nc2cc3c(cc21)OCCO3. The summed E-state index contributed by atoms with van der Waals surface area (Å²) in [6, 6.07) is 13.9. The largest absolute Gasteiger partial charge is 0.486 e. The van der Waals surface area contributed by atoms with Gasteiger partial charge in [0.05, 0.1) is 17.6 Å². The van der Waals surface area contributed by atoms with Gasteiger partial charge in [-0.05, 0) is 11.6 Å². The number of hydrogen-bond donors (Lipinski definition) is 1. The lowest BCUT2D eigenvalue weighted by atomic mass is 10.2. The summed E-state index contributed by atoms with van der Waals surface area (Å²) < 4.78 is 13.3. The van der Waals surface area contributed by atoms with Crippen molar-refractivity contribution in [3.8, 4) is 11.5 Å². The fourth-order valence-electron chi connectivity index (χ4n) is 2.88.